The van der Waals surface area contributed by atoms with Crippen LogP contribution in [0.2, 0.25) is 0 Å². The van der Waals surface area contributed by atoms with E-state index < -0.39 is 3.79 Å². The molecule has 1 aliphatic rings. The van der Waals surface area contributed by atoms with Crippen molar-refractivity contribution >= 4 is 34.8 Å². The van der Waals surface area contributed by atoms with Crippen LogP contribution in [-0.2, 0) is 3.79 Å². The Bertz CT molecular complexity index is 631. The maximum Gasteiger partial charge on any atom is 0.250 e. The number of rotatable bonds is 1. The lowest BCUT2D eigenvalue weighted by molar-refractivity contribution is 0.174. The van der Waals surface area contributed by atoms with Crippen LogP contribution in [0.3, 0.4) is 0 Å². The van der Waals surface area contributed by atoms with Crippen LogP contribution in [-0.4, -0.2) is 21.7 Å². The minimum absolute atomic E-state index is 0.0696. The molecule has 8 heteroatoms. The highest BCUT2D eigenvalue weighted by Gasteiger charge is 2.27. The Hall–Kier alpha value is -1.30. The van der Waals surface area contributed by atoms with Crippen molar-refractivity contribution in [3.8, 4) is 22.9 Å². The fourth-order valence-electron chi connectivity index (χ4n) is 1.61. The van der Waals surface area contributed by atoms with Crippen molar-refractivity contribution in [2.45, 2.75) is 3.79 Å². The van der Waals surface area contributed by atoms with Gasteiger partial charge in [0.1, 0.15) is 6.33 Å². The molecular formula is C11H6Cl3N3O2. The highest BCUT2D eigenvalue weighted by Crippen LogP contribution is 2.37. The summed E-state index contributed by atoms with van der Waals surface area (Å²) in [6.07, 6.45) is 1.30. The van der Waals surface area contributed by atoms with E-state index in [1.807, 2.05) is 0 Å². The predicted molar refractivity (Wildman–Crippen MR) is 70.6 cm³/mol. The van der Waals surface area contributed by atoms with Gasteiger partial charge in [-0.2, -0.15) is 0 Å². The lowest BCUT2D eigenvalue weighted by Crippen LogP contribution is -2.08. The molecule has 3 rings (SSSR count). The first kappa shape index (κ1) is 12.7. The Kier molecular flexibility index (Phi) is 3.12. The van der Waals surface area contributed by atoms with E-state index in [4.69, 9.17) is 44.3 Å². The quantitative estimate of drug-likeness (QED) is 0.756. The predicted octanol–water partition coefficient (Wildman–Crippen LogP) is 3.09. The van der Waals surface area contributed by atoms with E-state index in [2.05, 4.69) is 15.0 Å². The molecule has 0 radical (unpaired) electrons. The fraction of sp³-hybridized carbons (Fsp3) is 0.182. The second kappa shape index (κ2) is 4.67. The van der Waals surface area contributed by atoms with Gasteiger partial charge < -0.3 is 9.47 Å². The van der Waals surface area contributed by atoms with Crippen molar-refractivity contribution in [3.05, 3.63) is 30.4 Å². The Morgan fingerprint density at radius 2 is 1.84 bits per heavy atom. The lowest BCUT2D eigenvalue weighted by atomic mass is 10.2. The molecule has 2 heterocycles. The van der Waals surface area contributed by atoms with E-state index in [1.165, 1.54) is 6.33 Å². The Balaban J connectivity index is 2.03. The third-order valence-electron chi connectivity index (χ3n) is 2.46. The van der Waals surface area contributed by atoms with Crippen molar-refractivity contribution in [3.63, 3.8) is 0 Å². The summed E-state index contributed by atoms with van der Waals surface area (Å²) < 4.78 is 8.83. The van der Waals surface area contributed by atoms with Crippen molar-refractivity contribution in [1.29, 1.82) is 0 Å². The molecule has 0 amide bonds. The van der Waals surface area contributed by atoms with Crippen LogP contribution in [0, 0.1) is 0 Å². The van der Waals surface area contributed by atoms with E-state index in [-0.39, 0.29) is 12.6 Å². The Morgan fingerprint density at radius 1 is 1.05 bits per heavy atom. The van der Waals surface area contributed by atoms with Crippen LogP contribution in [0.4, 0.5) is 0 Å². The number of hydrogen-bond donors (Lipinski definition) is 0. The average molecular weight is 319 g/mol. The number of ether oxygens (including phenoxy) is 2. The summed E-state index contributed by atoms with van der Waals surface area (Å²) in [4.78, 5) is 12.0. The molecule has 1 aromatic carbocycles. The van der Waals surface area contributed by atoms with Gasteiger partial charge >= 0.3 is 0 Å². The molecule has 0 saturated heterocycles. The summed E-state index contributed by atoms with van der Waals surface area (Å²) in [6.45, 7) is 0.204. The summed E-state index contributed by atoms with van der Waals surface area (Å²) >= 11 is 17.2. The van der Waals surface area contributed by atoms with E-state index in [0.717, 1.165) is 5.56 Å². The summed E-state index contributed by atoms with van der Waals surface area (Å²) in [7, 11) is 0. The Morgan fingerprint density at radius 3 is 2.63 bits per heavy atom. The van der Waals surface area contributed by atoms with Gasteiger partial charge in [-0.05, 0) is 18.2 Å². The monoisotopic (exact) mass is 317 g/mol. The molecule has 0 aliphatic carbocycles. The van der Waals surface area contributed by atoms with Crippen molar-refractivity contribution in [2.24, 2.45) is 0 Å². The molecule has 19 heavy (non-hydrogen) atoms. The molecule has 5 nitrogen and oxygen atoms in total. The topological polar surface area (TPSA) is 57.1 Å². The molecule has 1 aliphatic heterocycles. The summed E-state index contributed by atoms with van der Waals surface area (Å²) in [5.74, 6) is 1.78. The van der Waals surface area contributed by atoms with Crippen LogP contribution < -0.4 is 9.47 Å². The molecule has 1 aromatic heterocycles. The molecule has 0 saturated carbocycles. The van der Waals surface area contributed by atoms with Gasteiger partial charge in [0, 0.05) is 5.56 Å². The maximum absolute atomic E-state index is 5.75. The smallest absolute Gasteiger partial charge is 0.250 e. The van der Waals surface area contributed by atoms with Gasteiger partial charge in [-0.15, -0.1) is 0 Å². The van der Waals surface area contributed by atoms with E-state index in [0.29, 0.717) is 17.3 Å². The van der Waals surface area contributed by atoms with Crippen LogP contribution in [0.1, 0.15) is 5.82 Å². The second-order valence-electron chi connectivity index (χ2n) is 3.70. The minimum Gasteiger partial charge on any atom is -0.454 e. The number of aromatic nitrogens is 3. The summed E-state index contributed by atoms with van der Waals surface area (Å²) in [5.41, 5.74) is 0.724. The van der Waals surface area contributed by atoms with Crippen LogP contribution in [0.5, 0.6) is 11.5 Å². The first-order chi connectivity index (χ1) is 9.04. The molecular weight excluding hydrogens is 312 g/mol. The minimum atomic E-state index is -1.69. The molecule has 98 valence electrons. The van der Waals surface area contributed by atoms with Crippen molar-refractivity contribution in [1.82, 2.24) is 15.0 Å². The fourth-order valence-corrected chi connectivity index (χ4v) is 1.88. The molecule has 0 bridgehead atoms. The molecule has 2 aromatic rings. The summed E-state index contributed by atoms with van der Waals surface area (Å²) in [5, 5.41) is 0. The maximum atomic E-state index is 5.75. The van der Waals surface area contributed by atoms with Gasteiger partial charge in [-0.3, -0.25) is 0 Å². The number of halogens is 3. The molecule has 0 unspecified atom stereocenters. The molecule has 0 atom stereocenters. The molecule has 0 N–H and O–H groups in total. The highest BCUT2D eigenvalue weighted by molar-refractivity contribution is 6.66. The van der Waals surface area contributed by atoms with Gasteiger partial charge in [0.15, 0.2) is 23.1 Å². The number of fused-ring (bicyclic) bond motifs is 1. The zero-order valence-electron chi connectivity index (χ0n) is 9.31. The van der Waals surface area contributed by atoms with Crippen LogP contribution >= 0.6 is 34.8 Å². The summed E-state index contributed by atoms with van der Waals surface area (Å²) in [6, 6.07) is 5.33. The number of alkyl halides is 3. The third kappa shape index (κ3) is 2.54. The van der Waals surface area contributed by atoms with Gasteiger partial charge in [0.2, 0.25) is 10.6 Å². The number of benzene rings is 1. The zero-order chi connectivity index (χ0) is 13.5. The lowest BCUT2D eigenvalue weighted by Gasteiger charge is -2.09. The first-order valence-electron chi connectivity index (χ1n) is 5.20. The standard InChI is InChI=1S/C11H6Cl3N3O2/c12-11(13,14)10-16-4-15-9(17-10)6-1-2-7-8(3-6)19-5-18-7/h1-4H,5H2. The number of hydrogen-bond acceptors (Lipinski definition) is 5. The van der Waals surface area contributed by atoms with Gasteiger partial charge in [0.25, 0.3) is 0 Å². The van der Waals surface area contributed by atoms with Crippen LogP contribution in [0.25, 0.3) is 11.4 Å². The van der Waals surface area contributed by atoms with Crippen LogP contribution in [0.15, 0.2) is 24.5 Å². The zero-order valence-corrected chi connectivity index (χ0v) is 11.6. The Labute approximate surface area is 123 Å². The van der Waals surface area contributed by atoms with Gasteiger partial charge in [0.05, 0.1) is 0 Å². The van der Waals surface area contributed by atoms with Gasteiger partial charge in [-0.25, -0.2) is 15.0 Å². The highest BCUT2D eigenvalue weighted by atomic mass is 35.6. The largest absolute Gasteiger partial charge is 0.454 e. The third-order valence-corrected chi connectivity index (χ3v) is 2.96. The molecule has 0 spiro atoms. The van der Waals surface area contributed by atoms with Crippen molar-refractivity contribution in [2.75, 3.05) is 6.79 Å². The SMILES string of the molecule is ClC(Cl)(Cl)c1ncnc(-c2ccc3c(c2)OCO3)n1. The second-order valence-corrected chi connectivity index (χ2v) is 5.98. The van der Waals surface area contributed by atoms with E-state index >= 15 is 0 Å². The van der Waals surface area contributed by atoms with Crippen molar-refractivity contribution < 1.29 is 9.47 Å². The van der Waals surface area contributed by atoms with Gasteiger partial charge in [-0.1, -0.05) is 34.8 Å². The number of nitrogens with zero attached hydrogens (tertiary/aromatic N) is 3. The first-order valence-corrected chi connectivity index (χ1v) is 6.34. The van der Waals surface area contributed by atoms with E-state index in [9.17, 15) is 0 Å². The van der Waals surface area contributed by atoms with E-state index in [1.54, 1.807) is 18.2 Å². The normalized spacial score (nSPS) is 13.6. The molecule has 0 fully saturated rings. The average Bonchev–Trinajstić information content (AvgIpc) is 2.85.